The van der Waals surface area contributed by atoms with Crippen LogP contribution in [0.3, 0.4) is 0 Å². The molecule has 0 aliphatic heterocycles. The summed E-state index contributed by atoms with van der Waals surface area (Å²) in [4.78, 5) is 12.1. The second-order valence-electron chi connectivity index (χ2n) is 4.90. The van der Waals surface area contributed by atoms with Crippen LogP contribution >= 0.6 is 15.9 Å². The maximum Gasteiger partial charge on any atom is 0.255 e. The SMILES string of the molecule is CC(C)c1cccc(NC(=O)c2ccc(Br)c(O)c2)c1. The topological polar surface area (TPSA) is 49.3 Å². The highest BCUT2D eigenvalue weighted by atomic mass is 79.9. The first-order valence-corrected chi connectivity index (χ1v) is 7.16. The maximum absolute atomic E-state index is 12.1. The Labute approximate surface area is 126 Å². The van der Waals surface area contributed by atoms with Crippen molar-refractivity contribution in [1.29, 1.82) is 0 Å². The number of carbonyl (C=O) groups is 1. The average Bonchev–Trinajstić information content (AvgIpc) is 2.42. The van der Waals surface area contributed by atoms with Crippen LogP contribution in [0.15, 0.2) is 46.9 Å². The summed E-state index contributed by atoms with van der Waals surface area (Å²) in [6.07, 6.45) is 0. The Balaban J connectivity index is 2.19. The second kappa shape index (κ2) is 6.09. The molecule has 0 radical (unpaired) electrons. The molecule has 0 spiro atoms. The average molecular weight is 334 g/mol. The fourth-order valence-electron chi connectivity index (χ4n) is 1.83. The van der Waals surface area contributed by atoms with Gasteiger partial charge in [0.15, 0.2) is 0 Å². The van der Waals surface area contributed by atoms with E-state index >= 15 is 0 Å². The predicted octanol–water partition coefficient (Wildman–Crippen LogP) is 4.53. The van der Waals surface area contributed by atoms with E-state index in [9.17, 15) is 9.90 Å². The molecule has 0 unspecified atom stereocenters. The van der Waals surface area contributed by atoms with E-state index in [1.54, 1.807) is 12.1 Å². The molecule has 20 heavy (non-hydrogen) atoms. The van der Waals surface area contributed by atoms with Crippen molar-refractivity contribution in [2.24, 2.45) is 0 Å². The molecule has 0 aromatic heterocycles. The van der Waals surface area contributed by atoms with Crippen molar-refractivity contribution >= 4 is 27.5 Å². The molecule has 0 saturated heterocycles. The fraction of sp³-hybridized carbons (Fsp3) is 0.188. The lowest BCUT2D eigenvalue weighted by molar-refractivity contribution is 0.102. The number of carbonyl (C=O) groups excluding carboxylic acids is 1. The molecule has 0 bridgehead atoms. The number of phenolic OH excluding ortho intramolecular Hbond substituents is 1. The van der Waals surface area contributed by atoms with Gasteiger partial charge in [0.1, 0.15) is 5.75 Å². The van der Waals surface area contributed by atoms with E-state index in [4.69, 9.17) is 0 Å². The third kappa shape index (κ3) is 3.39. The summed E-state index contributed by atoms with van der Waals surface area (Å²) in [5.74, 6) is 0.214. The zero-order valence-corrected chi connectivity index (χ0v) is 12.9. The maximum atomic E-state index is 12.1. The Morgan fingerprint density at radius 1 is 1.20 bits per heavy atom. The quantitative estimate of drug-likeness (QED) is 0.866. The Morgan fingerprint density at radius 3 is 2.60 bits per heavy atom. The zero-order chi connectivity index (χ0) is 14.7. The van der Waals surface area contributed by atoms with Crippen LogP contribution in [-0.4, -0.2) is 11.0 Å². The van der Waals surface area contributed by atoms with Gasteiger partial charge in [-0.25, -0.2) is 0 Å². The highest BCUT2D eigenvalue weighted by molar-refractivity contribution is 9.10. The van der Waals surface area contributed by atoms with Crippen LogP contribution in [0.25, 0.3) is 0 Å². The third-order valence-electron chi connectivity index (χ3n) is 3.02. The molecular formula is C16H16BrNO2. The number of anilines is 1. The molecule has 104 valence electrons. The monoisotopic (exact) mass is 333 g/mol. The van der Waals surface area contributed by atoms with Crippen LogP contribution in [0.4, 0.5) is 5.69 Å². The first kappa shape index (κ1) is 14.6. The van der Waals surface area contributed by atoms with Gasteiger partial charge in [0.05, 0.1) is 4.47 Å². The minimum absolute atomic E-state index is 0.0496. The minimum Gasteiger partial charge on any atom is -0.507 e. The Hall–Kier alpha value is -1.81. The van der Waals surface area contributed by atoms with E-state index in [1.807, 2.05) is 24.3 Å². The van der Waals surface area contributed by atoms with Crippen molar-refractivity contribution in [3.05, 3.63) is 58.1 Å². The molecule has 3 nitrogen and oxygen atoms in total. The van der Waals surface area contributed by atoms with Crippen molar-refractivity contribution in [3.8, 4) is 5.75 Å². The molecule has 4 heteroatoms. The van der Waals surface area contributed by atoms with Crippen LogP contribution in [0.2, 0.25) is 0 Å². The standard InChI is InChI=1S/C16H16BrNO2/c1-10(2)11-4-3-5-13(8-11)18-16(20)12-6-7-14(17)15(19)9-12/h3-10,19H,1-2H3,(H,18,20). The van der Waals surface area contributed by atoms with E-state index in [-0.39, 0.29) is 11.7 Å². The summed E-state index contributed by atoms with van der Waals surface area (Å²) in [6.45, 7) is 4.21. The lowest BCUT2D eigenvalue weighted by Gasteiger charge is -2.10. The Kier molecular flexibility index (Phi) is 4.45. The van der Waals surface area contributed by atoms with Crippen molar-refractivity contribution in [1.82, 2.24) is 0 Å². The van der Waals surface area contributed by atoms with Gasteiger partial charge in [-0.3, -0.25) is 4.79 Å². The normalized spacial score (nSPS) is 10.6. The number of benzene rings is 2. The van der Waals surface area contributed by atoms with Crippen LogP contribution in [0, 0.1) is 0 Å². The Morgan fingerprint density at radius 2 is 1.95 bits per heavy atom. The van der Waals surface area contributed by atoms with Gasteiger partial charge < -0.3 is 10.4 Å². The van der Waals surface area contributed by atoms with Gasteiger partial charge in [-0.05, 0) is 57.7 Å². The van der Waals surface area contributed by atoms with E-state index in [1.165, 1.54) is 11.6 Å². The summed E-state index contributed by atoms with van der Waals surface area (Å²) in [6, 6.07) is 12.5. The molecule has 0 heterocycles. The molecule has 2 rings (SSSR count). The van der Waals surface area contributed by atoms with E-state index in [2.05, 4.69) is 35.1 Å². The number of amides is 1. The number of halogens is 1. The van der Waals surface area contributed by atoms with Gasteiger partial charge in [0.2, 0.25) is 0 Å². The van der Waals surface area contributed by atoms with Crippen molar-refractivity contribution in [2.45, 2.75) is 19.8 Å². The number of aromatic hydroxyl groups is 1. The van der Waals surface area contributed by atoms with Crippen molar-refractivity contribution < 1.29 is 9.90 Å². The first-order valence-electron chi connectivity index (χ1n) is 6.37. The Bertz CT molecular complexity index is 638. The number of nitrogens with one attached hydrogen (secondary N) is 1. The number of hydrogen-bond acceptors (Lipinski definition) is 2. The molecule has 0 saturated carbocycles. The predicted molar refractivity (Wildman–Crippen MR) is 84.3 cm³/mol. The van der Waals surface area contributed by atoms with Crippen LogP contribution < -0.4 is 5.32 Å². The van der Waals surface area contributed by atoms with E-state index < -0.39 is 0 Å². The fourth-order valence-corrected chi connectivity index (χ4v) is 2.08. The van der Waals surface area contributed by atoms with Gasteiger partial charge in [0, 0.05) is 11.3 Å². The molecule has 1 amide bonds. The second-order valence-corrected chi connectivity index (χ2v) is 5.75. The highest BCUT2D eigenvalue weighted by Gasteiger charge is 2.09. The van der Waals surface area contributed by atoms with E-state index in [0.29, 0.717) is 16.0 Å². The summed E-state index contributed by atoms with van der Waals surface area (Å²) in [5.41, 5.74) is 2.34. The molecule has 0 aliphatic carbocycles. The van der Waals surface area contributed by atoms with Crippen molar-refractivity contribution in [2.75, 3.05) is 5.32 Å². The van der Waals surface area contributed by atoms with Gasteiger partial charge in [-0.1, -0.05) is 26.0 Å². The number of phenols is 1. The smallest absolute Gasteiger partial charge is 0.255 e. The molecule has 2 aromatic rings. The van der Waals surface area contributed by atoms with Gasteiger partial charge in [-0.15, -0.1) is 0 Å². The van der Waals surface area contributed by atoms with Gasteiger partial charge in [0.25, 0.3) is 5.91 Å². The molecular weight excluding hydrogens is 318 g/mol. The summed E-state index contributed by atoms with van der Waals surface area (Å²) >= 11 is 3.19. The third-order valence-corrected chi connectivity index (χ3v) is 3.69. The highest BCUT2D eigenvalue weighted by Crippen LogP contribution is 2.25. The first-order chi connectivity index (χ1) is 9.47. The minimum atomic E-state index is -0.242. The van der Waals surface area contributed by atoms with Crippen LogP contribution in [0.5, 0.6) is 5.75 Å². The van der Waals surface area contributed by atoms with Crippen LogP contribution in [-0.2, 0) is 0 Å². The zero-order valence-electron chi connectivity index (χ0n) is 11.4. The largest absolute Gasteiger partial charge is 0.507 e. The van der Waals surface area contributed by atoms with Gasteiger partial charge >= 0.3 is 0 Å². The summed E-state index contributed by atoms with van der Waals surface area (Å²) in [5, 5.41) is 12.4. The van der Waals surface area contributed by atoms with Crippen molar-refractivity contribution in [3.63, 3.8) is 0 Å². The number of rotatable bonds is 3. The number of hydrogen-bond donors (Lipinski definition) is 2. The molecule has 0 fully saturated rings. The summed E-state index contributed by atoms with van der Waals surface area (Å²) < 4.78 is 0.566. The molecule has 2 aromatic carbocycles. The molecule has 0 aliphatic rings. The lowest BCUT2D eigenvalue weighted by atomic mass is 10.0. The molecule has 0 atom stereocenters. The molecule has 2 N–H and O–H groups in total. The van der Waals surface area contributed by atoms with Gasteiger partial charge in [-0.2, -0.15) is 0 Å². The van der Waals surface area contributed by atoms with E-state index in [0.717, 1.165) is 5.69 Å². The lowest BCUT2D eigenvalue weighted by Crippen LogP contribution is -2.12. The summed E-state index contributed by atoms with van der Waals surface area (Å²) in [7, 11) is 0. The van der Waals surface area contributed by atoms with Crippen LogP contribution in [0.1, 0.15) is 35.7 Å².